The number of alkyl halides is 1. The van der Waals surface area contributed by atoms with Crippen molar-refractivity contribution >= 4 is 30.1 Å². The number of amides is 1. The van der Waals surface area contributed by atoms with Gasteiger partial charge in [-0.1, -0.05) is 0 Å². The van der Waals surface area contributed by atoms with E-state index in [1.807, 2.05) is 32.6 Å². The van der Waals surface area contributed by atoms with Crippen molar-refractivity contribution in [3.05, 3.63) is 12.4 Å². The number of rotatable bonds is 7. The molecule has 0 atom stereocenters. The predicted molar refractivity (Wildman–Crippen MR) is 113 cm³/mol. The van der Waals surface area contributed by atoms with E-state index < -0.39 is 7.12 Å². The topological polar surface area (TPSA) is 73.8 Å². The van der Waals surface area contributed by atoms with Gasteiger partial charge in [-0.05, 0) is 59.3 Å². The first kappa shape index (κ1) is 22.3. The molecule has 2 aliphatic heterocycles. The van der Waals surface area contributed by atoms with Gasteiger partial charge in [0.1, 0.15) is 5.88 Å². The van der Waals surface area contributed by atoms with Crippen LogP contribution in [0.25, 0.3) is 0 Å². The van der Waals surface area contributed by atoms with E-state index in [1.54, 1.807) is 12.4 Å². The van der Waals surface area contributed by atoms with Crippen LogP contribution in [-0.2, 0) is 14.1 Å². The maximum absolute atomic E-state index is 11.6. The minimum absolute atomic E-state index is 0.0366. The third-order valence-corrected chi connectivity index (χ3v) is 6.47. The molecule has 3 rings (SSSR count). The summed E-state index contributed by atoms with van der Waals surface area (Å²) in [5.74, 6) is 0.741. The Labute approximate surface area is 178 Å². The van der Waals surface area contributed by atoms with Gasteiger partial charge in [-0.3, -0.25) is 4.79 Å². The van der Waals surface area contributed by atoms with Gasteiger partial charge in [0.25, 0.3) is 0 Å². The van der Waals surface area contributed by atoms with Crippen LogP contribution < -0.4 is 10.2 Å². The van der Waals surface area contributed by atoms with Gasteiger partial charge >= 0.3 is 13.1 Å². The Hall–Kier alpha value is -1.38. The first-order valence-electron chi connectivity index (χ1n) is 10.4. The van der Waals surface area contributed by atoms with Crippen LogP contribution in [0.3, 0.4) is 0 Å². The number of carbonyl (C=O) groups is 1. The van der Waals surface area contributed by atoms with Crippen molar-refractivity contribution in [1.82, 2.24) is 14.9 Å². The normalized spacial score (nSPS) is 21.4. The minimum atomic E-state index is -0.467. The minimum Gasteiger partial charge on any atom is -0.463 e. The Morgan fingerprint density at radius 3 is 2.34 bits per heavy atom. The number of piperidine rings is 1. The second-order valence-corrected chi connectivity index (χ2v) is 9.10. The number of ether oxygens (including phenoxy) is 1. The molecule has 0 unspecified atom stereocenters. The van der Waals surface area contributed by atoms with Crippen LogP contribution in [0.5, 0.6) is 6.01 Å². The third kappa shape index (κ3) is 5.41. The number of carbonyl (C=O) groups excluding carboxylic acids is 1. The highest BCUT2D eigenvalue weighted by Gasteiger charge is 2.51. The van der Waals surface area contributed by atoms with Gasteiger partial charge in [0.2, 0.25) is 5.91 Å². The highest BCUT2D eigenvalue weighted by Crippen LogP contribution is 2.36. The predicted octanol–water partition coefficient (Wildman–Crippen LogP) is 2.41. The molecular formula is C20H31BClN3O4. The summed E-state index contributed by atoms with van der Waals surface area (Å²) in [4.78, 5) is 22.0. The second-order valence-electron chi connectivity index (χ2n) is 8.84. The summed E-state index contributed by atoms with van der Waals surface area (Å²) in [6.45, 7) is 10.3. The molecular weight excluding hydrogens is 393 g/mol. The molecule has 29 heavy (non-hydrogen) atoms. The molecule has 3 heterocycles. The van der Waals surface area contributed by atoms with Crippen LogP contribution in [-0.4, -0.2) is 64.7 Å². The van der Waals surface area contributed by atoms with Gasteiger partial charge < -0.3 is 18.9 Å². The molecule has 0 bridgehead atoms. The Morgan fingerprint density at radius 1 is 1.21 bits per heavy atom. The fourth-order valence-corrected chi connectivity index (χ4v) is 3.76. The zero-order valence-electron chi connectivity index (χ0n) is 17.8. The van der Waals surface area contributed by atoms with Crippen LogP contribution in [0.1, 0.15) is 53.4 Å². The Morgan fingerprint density at radius 2 is 1.79 bits per heavy atom. The lowest BCUT2D eigenvalue weighted by molar-refractivity contribution is -0.129. The fourth-order valence-electron chi connectivity index (χ4n) is 3.59. The van der Waals surface area contributed by atoms with E-state index in [2.05, 4.69) is 9.97 Å². The maximum atomic E-state index is 11.6. The van der Waals surface area contributed by atoms with Crippen molar-refractivity contribution in [1.29, 1.82) is 0 Å². The van der Waals surface area contributed by atoms with E-state index in [9.17, 15) is 4.79 Å². The molecule has 0 aliphatic carbocycles. The highest BCUT2D eigenvalue weighted by atomic mass is 35.5. The fraction of sp³-hybridized carbons (Fsp3) is 0.750. The zero-order valence-corrected chi connectivity index (χ0v) is 18.6. The number of hydrogen-bond acceptors (Lipinski definition) is 6. The van der Waals surface area contributed by atoms with Crippen LogP contribution in [0, 0.1) is 5.92 Å². The summed E-state index contributed by atoms with van der Waals surface area (Å²) < 4.78 is 17.7. The van der Waals surface area contributed by atoms with Gasteiger partial charge in [0.05, 0.1) is 17.8 Å². The zero-order chi connectivity index (χ0) is 21.1. The molecule has 0 spiro atoms. The molecule has 2 aliphatic rings. The van der Waals surface area contributed by atoms with Gasteiger partial charge in [0, 0.05) is 30.9 Å². The third-order valence-electron chi connectivity index (χ3n) is 6.24. The summed E-state index contributed by atoms with van der Waals surface area (Å²) in [6.07, 6.45) is 7.48. The monoisotopic (exact) mass is 423 g/mol. The Kier molecular flexibility index (Phi) is 7.07. The lowest BCUT2D eigenvalue weighted by atomic mass is 9.81. The number of halogens is 1. The average molecular weight is 424 g/mol. The van der Waals surface area contributed by atoms with Gasteiger partial charge in [-0.2, -0.15) is 0 Å². The van der Waals surface area contributed by atoms with Crippen molar-refractivity contribution in [2.75, 3.05) is 25.6 Å². The molecule has 7 nitrogen and oxygen atoms in total. The molecule has 9 heteroatoms. The molecule has 2 fully saturated rings. The summed E-state index contributed by atoms with van der Waals surface area (Å²) in [5, 5.41) is 0. The number of hydrogen-bond donors (Lipinski definition) is 0. The first-order valence-corrected chi connectivity index (χ1v) is 10.9. The number of nitrogens with zero attached hydrogens (tertiary/aromatic N) is 3. The van der Waals surface area contributed by atoms with E-state index in [1.165, 1.54) is 0 Å². The molecule has 0 N–H and O–H groups in total. The van der Waals surface area contributed by atoms with Gasteiger partial charge in [0.15, 0.2) is 0 Å². The van der Waals surface area contributed by atoms with Crippen molar-refractivity contribution in [3.63, 3.8) is 0 Å². The lowest BCUT2D eigenvalue weighted by Gasteiger charge is -2.32. The van der Waals surface area contributed by atoms with Crippen LogP contribution in [0.2, 0.25) is 0 Å². The van der Waals surface area contributed by atoms with E-state index in [0.29, 0.717) is 18.5 Å². The highest BCUT2D eigenvalue weighted by molar-refractivity contribution is 6.61. The number of likely N-dealkylation sites (tertiary alicyclic amines) is 1. The van der Waals surface area contributed by atoms with E-state index in [0.717, 1.165) is 44.2 Å². The maximum Gasteiger partial charge on any atom is 0.498 e. The molecule has 1 amide bonds. The van der Waals surface area contributed by atoms with Crippen molar-refractivity contribution in [2.45, 2.75) is 64.6 Å². The molecule has 1 aromatic rings. The summed E-state index contributed by atoms with van der Waals surface area (Å²) in [6, 6.07) is 0.368. The van der Waals surface area contributed by atoms with Crippen LogP contribution >= 0.6 is 11.6 Å². The smallest absolute Gasteiger partial charge is 0.463 e. The largest absolute Gasteiger partial charge is 0.498 e. The summed E-state index contributed by atoms with van der Waals surface area (Å²) in [5.41, 5.74) is 0.00906. The quantitative estimate of drug-likeness (QED) is 0.381. The standard InChI is InChI=1S/C20H31BClN3O4/c1-19(2)20(3,4)29-21(28-19)16-13-23-18(24-14-16)27-11-5-6-15-7-9-25(10-8-15)17(26)12-22/h13-15H,5-12H2,1-4H3. The summed E-state index contributed by atoms with van der Waals surface area (Å²) >= 11 is 5.62. The lowest BCUT2D eigenvalue weighted by Crippen LogP contribution is -2.41. The molecule has 2 saturated heterocycles. The first-order chi connectivity index (χ1) is 13.7. The summed E-state index contributed by atoms with van der Waals surface area (Å²) in [7, 11) is -0.467. The van der Waals surface area contributed by atoms with Gasteiger partial charge in [-0.25, -0.2) is 9.97 Å². The number of aromatic nitrogens is 2. The van der Waals surface area contributed by atoms with E-state index in [4.69, 9.17) is 25.6 Å². The Balaban J connectivity index is 1.38. The average Bonchev–Trinajstić information content (AvgIpc) is 2.93. The Bertz CT molecular complexity index is 677. The van der Waals surface area contributed by atoms with Crippen LogP contribution in [0.4, 0.5) is 0 Å². The molecule has 160 valence electrons. The van der Waals surface area contributed by atoms with Crippen LogP contribution in [0.15, 0.2) is 12.4 Å². The van der Waals surface area contributed by atoms with E-state index >= 15 is 0 Å². The molecule has 0 saturated carbocycles. The molecule has 1 aromatic heterocycles. The molecule has 0 radical (unpaired) electrons. The van der Waals surface area contributed by atoms with Crippen molar-refractivity contribution in [3.8, 4) is 6.01 Å². The second kappa shape index (κ2) is 9.19. The SMILES string of the molecule is CC1(C)OB(c2cnc(OCCCC3CCN(C(=O)CCl)CC3)nc2)OC1(C)C. The molecule has 0 aromatic carbocycles. The van der Waals surface area contributed by atoms with Gasteiger partial charge in [-0.15, -0.1) is 11.6 Å². The van der Waals surface area contributed by atoms with Crippen molar-refractivity contribution < 1.29 is 18.8 Å². The van der Waals surface area contributed by atoms with E-state index in [-0.39, 0.29) is 23.0 Å². The van der Waals surface area contributed by atoms with Crippen molar-refractivity contribution in [2.24, 2.45) is 5.92 Å².